The molecule has 2 rings (SSSR count). The minimum Gasteiger partial charge on any atom is -0.342 e. The fourth-order valence-corrected chi connectivity index (χ4v) is 3.17. The van der Waals surface area contributed by atoms with Gasteiger partial charge in [-0.05, 0) is 32.3 Å². The normalized spacial score (nSPS) is 15.9. The van der Waals surface area contributed by atoms with E-state index in [2.05, 4.69) is 0 Å². The minimum atomic E-state index is -1.01. The lowest BCUT2D eigenvalue weighted by Crippen LogP contribution is -2.50. The van der Waals surface area contributed by atoms with E-state index < -0.39 is 5.41 Å². The van der Waals surface area contributed by atoms with E-state index in [9.17, 15) is 9.59 Å². The van der Waals surface area contributed by atoms with Gasteiger partial charge in [0.25, 0.3) is 0 Å². The first kappa shape index (κ1) is 17.5. The molecule has 0 aromatic heterocycles. The molecule has 0 N–H and O–H groups in total. The summed E-state index contributed by atoms with van der Waals surface area (Å²) >= 11 is 0. The van der Waals surface area contributed by atoms with E-state index >= 15 is 0 Å². The predicted octanol–water partition coefficient (Wildman–Crippen LogP) is 3.07. The number of nitrogens with zero attached hydrogens (tertiary/aromatic N) is 2. The molecule has 0 radical (unpaired) electrons. The molecular weight excluding hydrogens is 288 g/mol. The molecule has 23 heavy (non-hydrogen) atoms. The Kier molecular flexibility index (Phi) is 5.80. The Morgan fingerprint density at radius 1 is 1.04 bits per heavy atom. The van der Waals surface area contributed by atoms with Crippen molar-refractivity contribution >= 4 is 11.8 Å². The second-order valence-corrected chi connectivity index (χ2v) is 6.98. The van der Waals surface area contributed by atoms with Crippen molar-refractivity contribution in [1.82, 2.24) is 9.80 Å². The summed E-state index contributed by atoms with van der Waals surface area (Å²) in [5.74, 6) is -0.153. The van der Waals surface area contributed by atoms with E-state index in [1.165, 1.54) is 12.8 Å². The molecule has 1 saturated heterocycles. The van der Waals surface area contributed by atoms with Gasteiger partial charge in [0.15, 0.2) is 0 Å². The summed E-state index contributed by atoms with van der Waals surface area (Å²) in [4.78, 5) is 29.2. The van der Waals surface area contributed by atoms with Gasteiger partial charge in [-0.25, -0.2) is 0 Å². The zero-order valence-corrected chi connectivity index (χ0v) is 14.5. The maximum atomic E-state index is 12.8. The molecule has 4 heteroatoms. The zero-order valence-electron chi connectivity index (χ0n) is 14.5. The summed E-state index contributed by atoms with van der Waals surface area (Å²) in [5.41, 5.74) is 0.0646. The second kappa shape index (κ2) is 7.62. The molecule has 1 aromatic rings. The average Bonchev–Trinajstić information content (AvgIpc) is 2.83. The number of carbonyl (C=O) groups excluding carboxylic acids is 2. The summed E-state index contributed by atoms with van der Waals surface area (Å²) in [7, 11) is 1.77. The van der Waals surface area contributed by atoms with E-state index in [-0.39, 0.29) is 11.8 Å². The fraction of sp³-hybridized carbons (Fsp3) is 0.579. The molecule has 0 unspecified atom stereocenters. The fourth-order valence-electron chi connectivity index (χ4n) is 3.17. The third-order valence-corrected chi connectivity index (χ3v) is 4.57. The van der Waals surface area contributed by atoms with Gasteiger partial charge in [0.2, 0.25) is 11.8 Å². The number of benzene rings is 1. The molecular formula is C19H28N2O2. The smallest absolute Gasteiger partial charge is 0.237 e. The number of hydrogen-bond donors (Lipinski definition) is 0. The minimum absolute atomic E-state index is 0.0377. The number of likely N-dealkylation sites (tertiary alicyclic amines) is 1. The molecule has 2 amide bonds. The molecule has 4 nitrogen and oxygen atoms in total. The highest BCUT2D eigenvalue weighted by Crippen LogP contribution is 2.24. The van der Waals surface area contributed by atoms with E-state index in [0.717, 1.165) is 31.5 Å². The van der Waals surface area contributed by atoms with E-state index in [1.807, 2.05) is 35.2 Å². The average molecular weight is 316 g/mol. The van der Waals surface area contributed by atoms with E-state index in [4.69, 9.17) is 0 Å². The third-order valence-electron chi connectivity index (χ3n) is 4.57. The molecule has 1 aliphatic heterocycles. The van der Waals surface area contributed by atoms with Crippen molar-refractivity contribution in [2.24, 2.45) is 5.41 Å². The van der Waals surface area contributed by atoms with Gasteiger partial charge < -0.3 is 9.80 Å². The summed E-state index contributed by atoms with van der Waals surface area (Å²) < 4.78 is 0. The van der Waals surface area contributed by atoms with Crippen molar-refractivity contribution in [2.45, 2.75) is 46.1 Å². The summed E-state index contributed by atoms with van der Waals surface area (Å²) in [6, 6.07) is 9.86. The zero-order chi connectivity index (χ0) is 16.9. The molecule has 0 atom stereocenters. The molecule has 1 aliphatic rings. The van der Waals surface area contributed by atoms with Crippen LogP contribution in [0, 0.1) is 5.41 Å². The lowest BCUT2D eigenvalue weighted by Gasteiger charge is -2.33. The highest BCUT2D eigenvalue weighted by molar-refractivity contribution is 6.04. The Bertz CT molecular complexity index is 532. The van der Waals surface area contributed by atoms with Crippen LogP contribution in [0.15, 0.2) is 30.3 Å². The van der Waals surface area contributed by atoms with Crippen LogP contribution in [0.4, 0.5) is 0 Å². The van der Waals surface area contributed by atoms with Gasteiger partial charge in [0.05, 0.1) is 0 Å². The van der Waals surface area contributed by atoms with Gasteiger partial charge in [-0.2, -0.15) is 0 Å². The van der Waals surface area contributed by atoms with Crippen molar-refractivity contribution in [2.75, 3.05) is 20.1 Å². The molecule has 1 heterocycles. The van der Waals surface area contributed by atoms with Crippen molar-refractivity contribution in [1.29, 1.82) is 0 Å². The maximum absolute atomic E-state index is 12.8. The van der Waals surface area contributed by atoms with Gasteiger partial charge in [-0.15, -0.1) is 0 Å². The van der Waals surface area contributed by atoms with Crippen LogP contribution < -0.4 is 0 Å². The molecule has 0 aliphatic carbocycles. The largest absolute Gasteiger partial charge is 0.342 e. The van der Waals surface area contributed by atoms with E-state index in [1.54, 1.807) is 25.8 Å². The van der Waals surface area contributed by atoms with Gasteiger partial charge in [0.1, 0.15) is 5.41 Å². The Balaban J connectivity index is 2.04. The van der Waals surface area contributed by atoms with Crippen LogP contribution in [0.3, 0.4) is 0 Å². The van der Waals surface area contributed by atoms with Crippen LogP contribution in [0.1, 0.15) is 45.1 Å². The van der Waals surface area contributed by atoms with Crippen LogP contribution >= 0.6 is 0 Å². The van der Waals surface area contributed by atoms with E-state index in [0.29, 0.717) is 6.54 Å². The van der Waals surface area contributed by atoms with Crippen molar-refractivity contribution in [3.05, 3.63) is 35.9 Å². The monoisotopic (exact) mass is 316 g/mol. The Morgan fingerprint density at radius 2 is 1.61 bits per heavy atom. The number of amides is 2. The first-order chi connectivity index (χ1) is 10.9. The van der Waals surface area contributed by atoms with Crippen LogP contribution in [0.2, 0.25) is 0 Å². The van der Waals surface area contributed by atoms with Crippen LogP contribution in [0.25, 0.3) is 0 Å². The molecule has 0 bridgehead atoms. The predicted molar refractivity (Wildman–Crippen MR) is 91.7 cm³/mol. The number of rotatable bonds is 4. The van der Waals surface area contributed by atoms with Crippen LogP contribution in [-0.4, -0.2) is 41.8 Å². The van der Waals surface area contributed by atoms with Crippen LogP contribution in [0.5, 0.6) is 0 Å². The summed E-state index contributed by atoms with van der Waals surface area (Å²) in [6.07, 6.45) is 4.42. The lowest BCUT2D eigenvalue weighted by atomic mass is 9.89. The second-order valence-electron chi connectivity index (χ2n) is 6.98. The first-order valence-electron chi connectivity index (χ1n) is 8.52. The first-order valence-corrected chi connectivity index (χ1v) is 8.52. The summed E-state index contributed by atoms with van der Waals surface area (Å²) in [6.45, 7) is 5.58. The van der Waals surface area contributed by atoms with Crippen molar-refractivity contribution in [3.63, 3.8) is 0 Å². The Hall–Kier alpha value is -1.84. The Morgan fingerprint density at radius 3 is 2.17 bits per heavy atom. The van der Waals surface area contributed by atoms with Crippen LogP contribution in [-0.2, 0) is 16.1 Å². The lowest BCUT2D eigenvalue weighted by molar-refractivity contribution is -0.153. The molecule has 1 fully saturated rings. The topological polar surface area (TPSA) is 40.6 Å². The SMILES string of the molecule is CN(Cc1ccccc1)C(=O)C(C)(C)C(=O)N1CCCCCC1. The molecule has 0 spiro atoms. The summed E-state index contributed by atoms with van der Waals surface area (Å²) in [5, 5.41) is 0. The van der Waals surface area contributed by atoms with Gasteiger partial charge in [-0.3, -0.25) is 9.59 Å². The van der Waals surface area contributed by atoms with Gasteiger partial charge >= 0.3 is 0 Å². The molecule has 126 valence electrons. The maximum Gasteiger partial charge on any atom is 0.237 e. The molecule has 0 saturated carbocycles. The van der Waals surface area contributed by atoms with Gasteiger partial charge in [-0.1, -0.05) is 43.2 Å². The highest BCUT2D eigenvalue weighted by atomic mass is 16.2. The Labute approximate surface area is 139 Å². The number of carbonyl (C=O) groups is 2. The quantitative estimate of drug-likeness (QED) is 0.801. The van der Waals surface area contributed by atoms with Gasteiger partial charge in [0, 0.05) is 26.7 Å². The van der Waals surface area contributed by atoms with Crippen molar-refractivity contribution < 1.29 is 9.59 Å². The standard InChI is InChI=1S/C19H28N2O2/c1-19(2,18(23)21-13-9-4-5-10-14-21)17(22)20(3)15-16-11-7-6-8-12-16/h6-8,11-12H,4-5,9-10,13-15H2,1-3H3. The highest BCUT2D eigenvalue weighted by Gasteiger charge is 2.40. The number of hydrogen-bond acceptors (Lipinski definition) is 2. The third kappa shape index (κ3) is 4.34. The van der Waals surface area contributed by atoms with Crippen molar-refractivity contribution in [3.8, 4) is 0 Å². The molecule has 1 aromatic carbocycles.